The molecule has 100 valence electrons. The molecule has 1 saturated heterocycles. The lowest BCUT2D eigenvalue weighted by atomic mass is 10.3. The first-order valence-electron chi connectivity index (χ1n) is 5.83. The maximum atomic E-state index is 5.85. The van der Waals surface area contributed by atoms with E-state index in [0.29, 0.717) is 16.7 Å². The molecule has 6 heteroatoms. The van der Waals surface area contributed by atoms with Gasteiger partial charge in [0.2, 0.25) is 0 Å². The summed E-state index contributed by atoms with van der Waals surface area (Å²) in [5.74, 6) is 0.998. The molecule has 3 nitrogen and oxygen atoms in total. The summed E-state index contributed by atoms with van der Waals surface area (Å²) in [5, 5.41) is 5.52. The molecule has 1 N–H and O–H groups in total. The monoisotopic (exact) mass is 311 g/mol. The molecule has 0 atom stereocenters. The first-order valence-corrected chi connectivity index (χ1v) is 7.60. The second-order valence-corrected chi connectivity index (χ2v) is 5.73. The van der Waals surface area contributed by atoms with Crippen LogP contribution in [-0.4, -0.2) is 34.0 Å². The van der Waals surface area contributed by atoms with Crippen LogP contribution in [0.1, 0.15) is 0 Å². The van der Waals surface area contributed by atoms with E-state index in [9.17, 15) is 0 Å². The number of hydrogen-bond acceptors (Lipinski definition) is 3. The molecule has 0 spiro atoms. The number of nitrogens with one attached hydrogen (secondary N) is 1. The molecule has 0 saturated carbocycles. The second kappa shape index (κ2) is 6.93. The topological polar surface area (TPSA) is 27.6 Å². The van der Waals surface area contributed by atoms with Gasteiger partial charge in [0.15, 0.2) is 10.3 Å². The van der Waals surface area contributed by atoms with Gasteiger partial charge in [0, 0.05) is 23.0 Å². The summed E-state index contributed by atoms with van der Waals surface area (Å²) in [6, 6.07) is 7.46. The van der Waals surface area contributed by atoms with Crippen LogP contribution in [0.15, 0.2) is 41.9 Å². The van der Waals surface area contributed by atoms with Crippen molar-refractivity contribution >= 4 is 51.5 Å². The van der Waals surface area contributed by atoms with E-state index in [2.05, 4.69) is 16.9 Å². The Morgan fingerprint density at radius 2 is 2.26 bits per heavy atom. The molecule has 1 fully saturated rings. The van der Waals surface area contributed by atoms with Gasteiger partial charge in [0.1, 0.15) is 0 Å². The summed E-state index contributed by atoms with van der Waals surface area (Å²) in [4.78, 5) is 6.45. The molecule has 1 aromatic rings. The Labute approximate surface area is 127 Å². The van der Waals surface area contributed by atoms with Crippen LogP contribution in [0.3, 0.4) is 0 Å². The fraction of sp³-hybridized carbons (Fsp3) is 0.231. The third-order valence-electron chi connectivity index (χ3n) is 2.47. The fourth-order valence-corrected chi connectivity index (χ4v) is 3.03. The van der Waals surface area contributed by atoms with Crippen LogP contribution in [0.2, 0.25) is 5.02 Å². The maximum Gasteiger partial charge on any atom is 0.179 e. The Balaban J connectivity index is 2.02. The summed E-state index contributed by atoms with van der Waals surface area (Å²) >= 11 is 13.0. The second-order valence-electron chi connectivity index (χ2n) is 3.85. The van der Waals surface area contributed by atoms with Gasteiger partial charge in [-0.05, 0) is 36.5 Å². The molecule has 2 rings (SSSR count). The molecule has 0 aliphatic carbocycles. The van der Waals surface area contributed by atoms with E-state index in [0.717, 1.165) is 23.2 Å². The maximum absolute atomic E-state index is 5.85. The first-order chi connectivity index (χ1) is 9.20. The molecule has 0 radical (unpaired) electrons. The van der Waals surface area contributed by atoms with Crippen molar-refractivity contribution in [2.24, 2.45) is 4.99 Å². The van der Waals surface area contributed by atoms with Gasteiger partial charge < -0.3 is 5.32 Å². The van der Waals surface area contributed by atoms with Crippen molar-refractivity contribution in [2.75, 3.05) is 24.2 Å². The number of thioether (sulfide) groups is 1. The Morgan fingerprint density at radius 3 is 2.95 bits per heavy atom. The number of nitrogens with zero attached hydrogens (tertiary/aromatic N) is 2. The quantitative estimate of drug-likeness (QED) is 0.681. The number of rotatable bonds is 3. The van der Waals surface area contributed by atoms with Crippen LogP contribution >= 0.6 is 35.6 Å². The molecule has 0 amide bonds. The summed E-state index contributed by atoms with van der Waals surface area (Å²) < 4.78 is 0. The van der Waals surface area contributed by atoms with Gasteiger partial charge in [-0.25, -0.2) is 0 Å². The lowest BCUT2D eigenvalue weighted by Crippen LogP contribution is -2.35. The fourth-order valence-electron chi connectivity index (χ4n) is 1.59. The van der Waals surface area contributed by atoms with Gasteiger partial charge in [0.25, 0.3) is 0 Å². The number of benzene rings is 1. The lowest BCUT2D eigenvalue weighted by molar-refractivity contribution is 0.685. The van der Waals surface area contributed by atoms with Crippen LogP contribution in [-0.2, 0) is 0 Å². The van der Waals surface area contributed by atoms with Gasteiger partial charge in [-0.2, -0.15) is 0 Å². The minimum absolute atomic E-state index is 0.613. The number of aliphatic imine (C=N–C) groups is 1. The van der Waals surface area contributed by atoms with Crippen molar-refractivity contribution < 1.29 is 0 Å². The number of thiocarbonyl (C=S) groups is 1. The molecule has 1 aliphatic rings. The standard InChI is InChI=1S/C13H14ClN3S2/c1-2-7-15-13-17(8-9-19-13)12(18)16-11-5-3-10(14)4-6-11/h2-6H,1,7-9H2,(H,16,18). The highest BCUT2D eigenvalue weighted by atomic mass is 35.5. The zero-order valence-corrected chi connectivity index (χ0v) is 12.7. The van der Waals surface area contributed by atoms with Gasteiger partial charge in [0.05, 0.1) is 6.54 Å². The number of amidine groups is 1. The molecule has 1 aliphatic heterocycles. The predicted molar refractivity (Wildman–Crippen MR) is 89.3 cm³/mol. The zero-order valence-electron chi connectivity index (χ0n) is 10.3. The molecule has 0 bridgehead atoms. The first kappa shape index (κ1) is 14.4. The number of hydrogen-bond donors (Lipinski definition) is 1. The summed E-state index contributed by atoms with van der Waals surface area (Å²) in [6.45, 7) is 5.16. The van der Waals surface area contributed by atoms with Crippen LogP contribution in [0.4, 0.5) is 5.69 Å². The third kappa shape index (κ3) is 3.96. The van der Waals surface area contributed by atoms with E-state index in [1.165, 1.54) is 0 Å². The van der Waals surface area contributed by atoms with E-state index < -0.39 is 0 Å². The Bertz CT molecular complexity index is 499. The summed E-state index contributed by atoms with van der Waals surface area (Å²) in [7, 11) is 0. The van der Waals surface area contributed by atoms with E-state index in [-0.39, 0.29) is 0 Å². The molecular formula is C13H14ClN3S2. The summed E-state index contributed by atoms with van der Waals surface area (Å²) in [5.41, 5.74) is 0.925. The molecule has 1 aromatic carbocycles. The number of halogens is 1. The third-order valence-corrected chi connectivity index (χ3v) is 4.04. The van der Waals surface area contributed by atoms with Crippen LogP contribution < -0.4 is 5.32 Å². The Kier molecular flexibility index (Phi) is 5.24. The van der Waals surface area contributed by atoms with E-state index in [1.807, 2.05) is 29.2 Å². The Morgan fingerprint density at radius 1 is 1.53 bits per heavy atom. The van der Waals surface area contributed by atoms with E-state index >= 15 is 0 Å². The molecule has 0 unspecified atom stereocenters. The average molecular weight is 312 g/mol. The summed E-state index contributed by atoms with van der Waals surface area (Å²) in [6.07, 6.45) is 1.78. The van der Waals surface area contributed by atoms with Crippen molar-refractivity contribution in [1.29, 1.82) is 0 Å². The SMILES string of the molecule is C=CCN=C1SCCN1C(=S)Nc1ccc(Cl)cc1. The minimum Gasteiger partial charge on any atom is -0.332 e. The van der Waals surface area contributed by atoms with Crippen molar-refractivity contribution in [1.82, 2.24) is 4.90 Å². The van der Waals surface area contributed by atoms with Crippen molar-refractivity contribution in [3.8, 4) is 0 Å². The van der Waals surface area contributed by atoms with Gasteiger partial charge >= 0.3 is 0 Å². The van der Waals surface area contributed by atoms with E-state index in [4.69, 9.17) is 23.8 Å². The van der Waals surface area contributed by atoms with Gasteiger partial charge in [-0.15, -0.1) is 6.58 Å². The lowest BCUT2D eigenvalue weighted by Gasteiger charge is -2.19. The Hall–Kier alpha value is -1.04. The highest BCUT2D eigenvalue weighted by molar-refractivity contribution is 8.14. The normalized spacial score (nSPS) is 16.7. The smallest absolute Gasteiger partial charge is 0.179 e. The molecular weight excluding hydrogens is 298 g/mol. The van der Waals surface area contributed by atoms with Crippen LogP contribution in [0, 0.1) is 0 Å². The van der Waals surface area contributed by atoms with Crippen LogP contribution in [0.25, 0.3) is 0 Å². The highest BCUT2D eigenvalue weighted by Crippen LogP contribution is 2.20. The largest absolute Gasteiger partial charge is 0.332 e. The van der Waals surface area contributed by atoms with Crippen molar-refractivity contribution in [3.63, 3.8) is 0 Å². The highest BCUT2D eigenvalue weighted by Gasteiger charge is 2.22. The van der Waals surface area contributed by atoms with Crippen molar-refractivity contribution in [2.45, 2.75) is 0 Å². The molecule has 1 heterocycles. The van der Waals surface area contributed by atoms with Crippen molar-refractivity contribution in [3.05, 3.63) is 41.9 Å². The van der Waals surface area contributed by atoms with Gasteiger partial charge in [-0.1, -0.05) is 29.4 Å². The average Bonchev–Trinajstić information content (AvgIpc) is 2.87. The number of anilines is 1. The molecule has 0 aromatic heterocycles. The van der Waals surface area contributed by atoms with Gasteiger partial charge in [-0.3, -0.25) is 9.89 Å². The van der Waals surface area contributed by atoms with Crippen LogP contribution in [0.5, 0.6) is 0 Å². The molecule has 19 heavy (non-hydrogen) atoms. The minimum atomic E-state index is 0.613. The zero-order chi connectivity index (χ0) is 13.7. The predicted octanol–water partition coefficient (Wildman–Crippen LogP) is 3.63. The van der Waals surface area contributed by atoms with E-state index in [1.54, 1.807) is 17.8 Å².